The van der Waals surface area contributed by atoms with Gasteiger partial charge in [0.15, 0.2) is 107 Å². The van der Waals surface area contributed by atoms with Gasteiger partial charge in [0.2, 0.25) is 37.6 Å². The molecule has 39 nitrogen and oxygen atoms in total. The predicted molar refractivity (Wildman–Crippen MR) is 468 cm³/mol. The minimum absolute atomic E-state index is 0.00921. The van der Waals surface area contributed by atoms with Gasteiger partial charge in [-0.1, -0.05) is 18.2 Å². The number of carbonyl (C=O) groups is 3. The Kier molecular flexibility index (Phi) is 19.7. The van der Waals surface area contributed by atoms with Gasteiger partial charge in [-0.25, -0.2) is 0 Å². The van der Waals surface area contributed by atoms with Crippen molar-refractivity contribution in [1.29, 1.82) is 0 Å². The summed E-state index contributed by atoms with van der Waals surface area (Å²) in [6.45, 7) is -6.74. The molecule has 0 bridgehead atoms. The highest BCUT2D eigenvalue weighted by Gasteiger charge is 2.62. The molecule has 3 aliphatic carbocycles. The van der Waals surface area contributed by atoms with Crippen LogP contribution in [-0.2, 0) is 85.4 Å². The molecule has 12 aliphatic heterocycles. The molecule has 0 amide bonds. The minimum Gasteiger partial charge on any atom is -0.502 e. The highest BCUT2D eigenvalue weighted by Crippen LogP contribution is 2.63. The zero-order valence-electron chi connectivity index (χ0n) is 90.7. The number of aromatic hydroxyl groups is 3. The lowest BCUT2D eigenvalue weighted by Crippen LogP contribution is -2.62. The summed E-state index contributed by atoms with van der Waals surface area (Å²) < 4.78 is 310. The number of rotatable bonds is 18. The Bertz CT molecular complexity index is 6820. The molecule has 0 unspecified atom stereocenters. The number of phenols is 3. The van der Waals surface area contributed by atoms with Gasteiger partial charge in [-0.2, -0.15) is 0 Å². The van der Waals surface area contributed by atoms with E-state index in [2.05, 4.69) is 0 Å². The maximum atomic E-state index is 13.9. The van der Waals surface area contributed by atoms with Crippen LogP contribution in [0, 0.1) is 35.4 Å². The van der Waals surface area contributed by atoms with Crippen LogP contribution < -0.4 is 56.8 Å². The van der Waals surface area contributed by atoms with Crippen LogP contribution in [0.1, 0.15) is 146 Å². The lowest BCUT2D eigenvalue weighted by atomic mass is 9.66. The summed E-state index contributed by atoms with van der Waals surface area (Å²) >= 11 is 4.17. The molecule has 0 spiro atoms. The van der Waals surface area contributed by atoms with Crippen molar-refractivity contribution in [2.45, 2.75) is 147 Å². The van der Waals surface area contributed by atoms with Crippen LogP contribution in [0.5, 0.6) is 86.2 Å². The van der Waals surface area contributed by atoms with E-state index in [1.165, 1.54) is 78.6 Å². The molecule has 9 N–H and O–H groups in total. The number of fused-ring (bicyclic) bond motifs is 12. The number of thiophene rings is 3. The van der Waals surface area contributed by atoms with E-state index in [4.69, 9.17) is 150 Å². The molecule has 3 aromatic heterocycles. The third kappa shape index (κ3) is 16.1. The Morgan fingerprint density at radius 1 is 0.348 bits per heavy atom. The Morgan fingerprint density at radius 3 is 0.920 bits per heavy atom. The van der Waals surface area contributed by atoms with Gasteiger partial charge in [0.05, 0.1) is 154 Å². The lowest BCUT2D eigenvalue weighted by molar-refractivity contribution is -0.368. The maximum absolute atomic E-state index is 13.9. The van der Waals surface area contributed by atoms with Gasteiger partial charge in [-0.15, -0.1) is 34.0 Å². The third-order valence-corrected chi connectivity index (χ3v) is 29.1. The largest absolute Gasteiger partial charge is 0.502 e. The van der Waals surface area contributed by atoms with Crippen molar-refractivity contribution in [1.82, 2.24) is 0 Å². The van der Waals surface area contributed by atoms with Gasteiger partial charge in [-0.05, 0) is 157 Å². The zero-order chi connectivity index (χ0) is 111. The van der Waals surface area contributed by atoms with Crippen LogP contribution >= 0.6 is 34.0 Å². The summed E-state index contributed by atoms with van der Waals surface area (Å²) in [6.07, 6.45) is -27.1. The topological polar surface area (TPSA) is 482 Å². The van der Waals surface area contributed by atoms with Crippen LogP contribution in [0.25, 0.3) is 0 Å². The van der Waals surface area contributed by atoms with E-state index in [9.17, 15) is 64.5 Å². The monoisotopic (exact) mass is 1990 g/mol. The molecule has 732 valence electrons. The molecule has 9 aromatic rings. The normalized spacial score (nSPS) is 39.0. The molecule has 42 heteroatoms. The van der Waals surface area contributed by atoms with Gasteiger partial charge < -0.3 is 174 Å². The van der Waals surface area contributed by atoms with Crippen molar-refractivity contribution >= 4 is 51.9 Å². The Labute approximate surface area is 824 Å². The average molecular weight is 1990 g/mol. The first-order chi connectivity index (χ1) is 74.2. The van der Waals surface area contributed by atoms with Crippen LogP contribution in [0.2, 0.25) is 0 Å². The van der Waals surface area contributed by atoms with E-state index in [1.54, 1.807) is 30.3 Å². The molecule has 6 aromatic carbocycles. The van der Waals surface area contributed by atoms with Crippen molar-refractivity contribution in [2.24, 2.45) is 35.4 Å². The average Bonchev–Trinajstić information content (AvgIpc) is 1.53. The summed E-state index contributed by atoms with van der Waals surface area (Å²) in [6, 6.07) is 26.8. The number of esters is 3. The standard InChI is InChI=1S/3C32H32O13S/c3*1-37-19-6-13(7-20(38-2)25(19)33)23-14-8-17-18(42-12-41-17)9-15(14)28(16-10-39-30(36)24(16)23)44-32-27(35)26(34)29-21(43-32)11-40-31(45-29)22-4-3-5-46-22/h3*3-9,16,21,23-24,26-29,31-35H,10-12H2,1-2H3/t3*16-,21+,23+,24-,26+,27+,28+,29+,31+,32-/m000/s1/i1D3,2D3,10D2,24D;1D3,2D3,24D;10D2,24D. The van der Waals surface area contributed by atoms with Crippen LogP contribution in [-0.4, -0.2) is 258 Å². The molecule has 0 saturated carbocycles. The quantitative estimate of drug-likeness (QED) is 0.0288. The molecule has 9 fully saturated rings. The first-order valence-corrected chi connectivity index (χ1v) is 45.7. The fourth-order valence-corrected chi connectivity index (χ4v) is 22.1. The minimum atomic E-state index is -3.18. The molecule has 0 radical (unpaired) electrons. The van der Waals surface area contributed by atoms with E-state index in [0.717, 1.165) is 34.0 Å². The van der Waals surface area contributed by atoms with Crippen LogP contribution in [0.4, 0.5) is 0 Å². The lowest BCUT2D eigenvalue weighted by Gasteiger charge is -2.48. The summed E-state index contributed by atoms with van der Waals surface area (Å²) in [4.78, 5) is 43.7. The molecule has 24 rings (SSSR count). The maximum Gasteiger partial charge on any atom is 0.310 e. The molecular weight excluding hydrogens is 1870 g/mol. The number of ether oxygens (including phenoxy) is 27. The number of hydrogen-bond acceptors (Lipinski definition) is 42. The van der Waals surface area contributed by atoms with Gasteiger partial charge in [0.1, 0.15) is 73.2 Å². The number of phenolic OH excluding ortho intramolecular Hbond substituents is 3. The van der Waals surface area contributed by atoms with Crippen molar-refractivity contribution < 1.29 is 214 Å². The highest BCUT2D eigenvalue weighted by atomic mass is 32.1. The van der Waals surface area contributed by atoms with Gasteiger partial charge in [-0.3, -0.25) is 14.4 Å². The van der Waals surface area contributed by atoms with Crippen molar-refractivity contribution in [3.63, 3.8) is 0 Å². The second-order valence-corrected chi connectivity index (χ2v) is 36.8. The van der Waals surface area contributed by atoms with E-state index >= 15 is 0 Å². The summed E-state index contributed by atoms with van der Waals surface area (Å²) in [5, 5.41) is 106. The number of aliphatic hydroxyl groups is 6. The molecule has 138 heavy (non-hydrogen) atoms. The fraction of sp³-hybridized carbons (Fsp3) is 0.469. The smallest absolute Gasteiger partial charge is 0.310 e. The Morgan fingerprint density at radius 2 is 0.630 bits per heavy atom. The first-order valence-electron chi connectivity index (χ1n) is 52.5. The second kappa shape index (κ2) is 37.6. The third-order valence-electron chi connectivity index (χ3n) is 26.5. The van der Waals surface area contributed by atoms with E-state index in [1.807, 2.05) is 40.4 Å². The molecule has 9 saturated heterocycles. The molecule has 15 heterocycles. The number of aliphatic hydroxyl groups excluding tert-OH is 6. The number of hydrogen-bond donors (Lipinski definition) is 9. The predicted octanol–water partition coefficient (Wildman–Crippen LogP) is 8.26. The van der Waals surface area contributed by atoms with Crippen molar-refractivity contribution in [2.75, 3.05) is 102 Å². The number of carbonyl (C=O) groups excluding carboxylic acids is 3. The highest BCUT2D eigenvalue weighted by molar-refractivity contribution is 7.10. The molecular formula is C96H96O39S3. The number of benzene rings is 6. The Hall–Kier alpha value is -10.9. The summed E-state index contributed by atoms with van der Waals surface area (Å²) in [5.41, 5.74) is 1.22. The van der Waals surface area contributed by atoms with Gasteiger partial charge in [0, 0.05) is 39.6 Å². The van der Waals surface area contributed by atoms with E-state index in [-0.39, 0.29) is 126 Å². The van der Waals surface area contributed by atoms with Crippen molar-refractivity contribution in [3.05, 3.63) is 190 Å². The fourth-order valence-electron chi connectivity index (χ4n) is 20.0. The second-order valence-electron chi connectivity index (χ2n) is 33.8. The SMILES string of the molecule is [2H]C([2H])([2H])Oc1cc([C@@H]2c3cc4c(cc3[C@@H](O[C@@H]3O[C@@H]5CO[C@@H](c6cccs6)O[C@H]5[C@H](O)[C@H]3O)[C@H]3C([2H])([2H])OC(=O)[C@]23[2H])OCO4)cc(OC([2H])([2H])[2H])c1O.[2H]C([2H])([2H])Oc1cc([C@@H]2c3cc4c(cc3[C@@H](O[C@@H]3O[C@@H]5CO[C@@H](c6cccs6)O[C@H]5[C@H](O)[C@H]3O)[C@H]3COC(=O)[C@]23[2H])OCO4)cc(OC([2H])([2H])[2H])c1O.[2H]C1([2H])OC(=O)[C@]2([2H])[C@H](c3cc(OC)c(O)c(OC)c3)c3cc4c(cc3[C@@H](O[C@@H]3O[C@@H]5CO[C@@H](c6cccs6)O[C@H]5[C@H](O)[C@H]3O)[C@@H]12)OCO4. The molecule has 15 aliphatic rings. The van der Waals surface area contributed by atoms with E-state index < -0.39 is 276 Å². The number of methoxy groups -OCH3 is 6. The van der Waals surface area contributed by atoms with Crippen LogP contribution in [0.3, 0.4) is 0 Å². The van der Waals surface area contributed by atoms with E-state index in [0.29, 0.717) is 27.5 Å². The summed E-state index contributed by atoms with van der Waals surface area (Å²) in [7, 11) is -9.93. The number of cyclic esters (lactones) is 3. The van der Waals surface area contributed by atoms with Crippen molar-refractivity contribution in [3.8, 4) is 86.2 Å². The zero-order valence-corrected chi connectivity index (χ0v) is 74.1. The van der Waals surface area contributed by atoms with Gasteiger partial charge in [0.25, 0.3) is 0 Å². The Balaban J connectivity index is 0.000000132. The molecule has 30 atom stereocenters. The first kappa shape index (κ1) is 72.4. The van der Waals surface area contributed by atoms with Gasteiger partial charge >= 0.3 is 17.9 Å². The van der Waals surface area contributed by atoms with Crippen LogP contribution in [0.15, 0.2) is 125 Å². The summed E-state index contributed by atoms with van der Waals surface area (Å²) in [5.74, 6) is -23.8.